The molecule has 1 aromatic heterocycles. The molecule has 1 N–H and O–H groups in total. The summed E-state index contributed by atoms with van der Waals surface area (Å²) in [5, 5.41) is 3.07. The Morgan fingerprint density at radius 2 is 2.24 bits per heavy atom. The molecule has 0 amide bonds. The lowest BCUT2D eigenvalue weighted by Gasteiger charge is -2.35. The summed E-state index contributed by atoms with van der Waals surface area (Å²) in [4.78, 5) is 4.56. The molecule has 3 atom stereocenters. The number of nitrogens with one attached hydrogen (secondary N) is 1. The molecule has 0 aromatic carbocycles. The largest absolute Gasteiger partial charge is 0.312 e. The van der Waals surface area contributed by atoms with Gasteiger partial charge in [0.05, 0.1) is 5.25 Å². The highest BCUT2D eigenvalue weighted by Gasteiger charge is 2.36. The van der Waals surface area contributed by atoms with E-state index in [0.29, 0.717) is 0 Å². The van der Waals surface area contributed by atoms with Crippen LogP contribution in [0.1, 0.15) is 50.3 Å². The van der Waals surface area contributed by atoms with Crippen LogP contribution in [-0.2, 0) is 16.3 Å². The lowest BCUT2D eigenvalue weighted by molar-refractivity contribution is 0.375. The maximum absolute atomic E-state index is 12.0. The molecule has 0 fully saturated rings. The van der Waals surface area contributed by atoms with Gasteiger partial charge in [-0.25, -0.2) is 8.42 Å². The molecule has 2 rings (SSSR count). The average molecular weight is 310 g/mol. The number of pyridine rings is 1. The van der Waals surface area contributed by atoms with Crippen molar-refractivity contribution in [2.24, 2.45) is 0 Å². The predicted molar refractivity (Wildman–Crippen MR) is 86.3 cm³/mol. The van der Waals surface area contributed by atoms with E-state index in [9.17, 15) is 8.42 Å². The number of fused-ring (bicyclic) bond motifs is 1. The maximum Gasteiger partial charge on any atom is 0.151 e. The first-order chi connectivity index (χ1) is 9.95. The Morgan fingerprint density at radius 1 is 1.48 bits per heavy atom. The van der Waals surface area contributed by atoms with Gasteiger partial charge in [0.25, 0.3) is 0 Å². The molecule has 1 aliphatic carbocycles. The fraction of sp³-hybridized carbons (Fsp3) is 0.688. The quantitative estimate of drug-likeness (QED) is 0.876. The van der Waals surface area contributed by atoms with Crippen LogP contribution < -0.4 is 5.32 Å². The van der Waals surface area contributed by atoms with Crippen molar-refractivity contribution in [2.75, 3.05) is 12.8 Å². The Bertz CT molecular complexity index is 571. The highest BCUT2D eigenvalue weighted by molar-refractivity contribution is 7.91. The van der Waals surface area contributed by atoms with Gasteiger partial charge in [0.2, 0.25) is 0 Å². The lowest BCUT2D eigenvalue weighted by atomic mass is 9.81. The molecule has 0 saturated heterocycles. The van der Waals surface area contributed by atoms with E-state index >= 15 is 0 Å². The normalized spacial score (nSPS) is 21.6. The Hall–Kier alpha value is -0.940. The van der Waals surface area contributed by atoms with Gasteiger partial charge < -0.3 is 5.32 Å². The SMILES string of the molecule is CCCNC(C1CCCc2cccnc21)C(C)S(C)(=O)=O. The predicted octanol–water partition coefficient (Wildman–Crippen LogP) is 2.30. The van der Waals surface area contributed by atoms with Crippen molar-refractivity contribution in [3.05, 3.63) is 29.6 Å². The van der Waals surface area contributed by atoms with E-state index in [1.807, 2.05) is 19.2 Å². The van der Waals surface area contributed by atoms with Crippen LogP contribution in [0.2, 0.25) is 0 Å². The van der Waals surface area contributed by atoms with Crippen LogP contribution in [0.3, 0.4) is 0 Å². The Balaban J connectivity index is 2.33. The van der Waals surface area contributed by atoms with Crippen molar-refractivity contribution in [1.82, 2.24) is 10.3 Å². The number of sulfone groups is 1. The van der Waals surface area contributed by atoms with Gasteiger partial charge in [0.15, 0.2) is 9.84 Å². The lowest BCUT2D eigenvalue weighted by Crippen LogP contribution is -2.47. The molecular formula is C16H26N2O2S. The molecule has 0 saturated carbocycles. The van der Waals surface area contributed by atoms with E-state index in [0.717, 1.165) is 37.9 Å². The molecule has 0 bridgehead atoms. The third kappa shape index (κ3) is 3.83. The molecule has 0 radical (unpaired) electrons. The van der Waals surface area contributed by atoms with E-state index in [1.165, 1.54) is 11.8 Å². The van der Waals surface area contributed by atoms with E-state index < -0.39 is 15.1 Å². The van der Waals surface area contributed by atoms with Crippen molar-refractivity contribution in [2.45, 2.75) is 56.7 Å². The second kappa shape index (κ2) is 6.88. The van der Waals surface area contributed by atoms with Crippen LogP contribution >= 0.6 is 0 Å². The minimum absolute atomic E-state index is 0.0612. The summed E-state index contributed by atoms with van der Waals surface area (Å²) < 4.78 is 24.1. The smallest absolute Gasteiger partial charge is 0.151 e. The molecule has 21 heavy (non-hydrogen) atoms. The fourth-order valence-electron chi connectivity index (χ4n) is 3.21. The number of aromatic nitrogens is 1. The van der Waals surface area contributed by atoms with Crippen LogP contribution in [0.15, 0.2) is 18.3 Å². The van der Waals surface area contributed by atoms with Gasteiger partial charge in [0, 0.05) is 30.1 Å². The Kier molecular flexibility index (Phi) is 5.38. The molecule has 5 heteroatoms. The first kappa shape index (κ1) is 16.4. The summed E-state index contributed by atoms with van der Waals surface area (Å²) in [5.74, 6) is 0.186. The van der Waals surface area contributed by atoms with Crippen LogP contribution in [0, 0.1) is 0 Å². The summed E-state index contributed by atoms with van der Waals surface area (Å²) in [5.41, 5.74) is 2.37. The van der Waals surface area contributed by atoms with E-state index in [-0.39, 0.29) is 12.0 Å². The number of hydrogen-bond donors (Lipinski definition) is 1. The van der Waals surface area contributed by atoms with E-state index in [2.05, 4.69) is 23.3 Å². The van der Waals surface area contributed by atoms with Crippen molar-refractivity contribution in [3.63, 3.8) is 0 Å². The highest BCUT2D eigenvalue weighted by Crippen LogP contribution is 2.34. The molecule has 4 nitrogen and oxygen atoms in total. The van der Waals surface area contributed by atoms with Gasteiger partial charge in [0.1, 0.15) is 0 Å². The first-order valence-corrected chi connectivity index (χ1v) is 9.76. The monoisotopic (exact) mass is 310 g/mol. The fourth-order valence-corrected chi connectivity index (χ4v) is 4.03. The van der Waals surface area contributed by atoms with Crippen LogP contribution in [0.4, 0.5) is 0 Å². The number of rotatable bonds is 6. The molecule has 3 unspecified atom stereocenters. The third-order valence-corrected chi connectivity index (χ3v) is 6.13. The van der Waals surface area contributed by atoms with Gasteiger partial charge in [-0.1, -0.05) is 13.0 Å². The second-order valence-electron chi connectivity index (χ2n) is 6.06. The van der Waals surface area contributed by atoms with E-state index in [4.69, 9.17) is 0 Å². The molecule has 1 aromatic rings. The number of hydrogen-bond acceptors (Lipinski definition) is 4. The number of nitrogens with zero attached hydrogens (tertiary/aromatic N) is 1. The van der Waals surface area contributed by atoms with Crippen molar-refractivity contribution in [1.29, 1.82) is 0 Å². The average Bonchev–Trinajstić information content (AvgIpc) is 2.46. The van der Waals surface area contributed by atoms with Crippen molar-refractivity contribution < 1.29 is 8.42 Å². The summed E-state index contributed by atoms with van der Waals surface area (Å²) in [6.45, 7) is 4.76. The van der Waals surface area contributed by atoms with Gasteiger partial charge in [-0.15, -0.1) is 0 Å². The summed E-state index contributed by atoms with van der Waals surface area (Å²) in [6, 6.07) is 4.03. The van der Waals surface area contributed by atoms with E-state index in [1.54, 1.807) is 0 Å². The minimum Gasteiger partial charge on any atom is -0.312 e. The zero-order valence-electron chi connectivity index (χ0n) is 13.2. The zero-order chi connectivity index (χ0) is 15.5. The Labute approximate surface area is 128 Å². The summed E-state index contributed by atoms with van der Waals surface area (Å²) >= 11 is 0. The van der Waals surface area contributed by atoms with Crippen molar-refractivity contribution >= 4 is 9.84 Å². The van der Waals surface area contributed by atoms with Gasteiger partial charge in [-0.05, 0) is 50.8 Å². The maximum atomic E-state index is 12.0. The molecule has 0 spiro atoms. The van der Waals surface area contributed by atoms with Crippen LogP contribution in [0.5, 0.6) is 0 Å². The standard InChI is InChI=1S/C16H26N2O2S/c1-4-10-17-15(12(2)21(3,19)20)14-9-5-7-13-8-6-11-18-16(13)14/h6,8,11-12,14-15,17H,4-5,7,9-10H2,1-3H3. The van der Waals surface area contributed by atoms with Crippen LogP contribution in [-0.4, -0.2) is 37.5 Å². The third-order valence-electron chi connectivity index (χ3n) is 4.48. The zero-order valence-corrected chi connectivity index (χ0v) is 14.0. The van der Waals surface area contributed by atoms with Crippen LogP contribution in [0.25, 0.3) is 0 Å². The highest BCUT2D eigenvalue weighted by atomic mass is 32.2. The van der Waals surface area contributed by atoms with Gasteiger partial charge >= 0.3 is 0 Å². The molecule has 1 aliphatic rings. The molecule has 1 heterocycles. The molecule has 0 aliphatic heterocycles. The topological polar surface area (TPSA) is 59.1 Å². The minimum atomic E-state index is -3.07. The second-order valence-corrected chi connectivity index (χ2v) is 8.46. The van der Waals surface area contributed by atoms with Crippen molar-refractivity contribution in [3.8, 4) is 0 Å². The summed E-state index contributed by atoms with van der Waals surface area (Å²) in [7, 11) is -3.07. The Morgan fingerprint density at radius 3 is 2.90 bits per heavy atom. The molecular weight excluding hydrogens is 284 g/mol. The van der Waals surface area contributed by atoms with Gasteiger partial charge in [-0.2, -0.15) is 0 Å². The molecule has 118 valence electrons. The number of aryl methyl sites for hydroxylation is 1. The summed E-state index contributed by atoms with van der Waals surface area (Å²) in [6.07, 6.45) is 7.30. The van der Waals surface area contributed by atoms with Gasteiger partial charge in [-0.3, -0.25) is 4.98 Å². The first-order valence-electron chi connectivity index (χ1n) is 7.81.